The number of rotatable bonds is 4. The highest BCUT2D eigenvalue weighted by Crippen LogP contribution is 2.37. The van der Waals surface area contributed by atoms with Gasteiger partial charge in [0.05, 0.1) is 5.33 Å². The fraction of sp³-hybridized carbons (Fsp3) is 0.235. The van der Waals surface area contributed by atoms with Gasteiger partial charge in [-0.1, -0.05) is 62.2 Å². The average Bonchev–Trinajstić information content (AvgIpc) is 2.83. The molecule has 0 aromatic heterocycles. The van der Waals surface area contributed by atoms with E-state index in [2.05, 4.69) is 56.1 Å². The minimum absolute atomic E-state index is 0.142. The lowest BCUT2D eigenvalue weighted by molar-refractivity contribution is 0.102. The highest BCUT2D eigenvalue weighted by molar-refractivity contribution is 9.09. The largest absolute Gasteiger partial charge is 0.293 e. The number of hydrogen-bond acceptors (Lipinski definition) is 1. The lowest BCUT2D eigenvalue weighted by atomic mass is 10.0. The quantitative estimate of drug-likeness (QED) is 0.460. The normalized spacial score (nSPS) is 12.1. The topological polar surface area (TPSA) is 17.1 Å². The first-order chi connectivity index (χ1) is 9.72. The van der Waals surface area contributed by atoms with Gasteiger partial charge in [0.2, 0.25) is 0 Å². The Morgan fingerprint density at radius 3 is 2.40 bits per heavy atom. The smallest absolute Gasteiger partial charge is 0.173 e. The van der Waals surface area contributed by atoms with Crippen LogP contribution in [0, 0.1) is 0 Å². The lowest BCUT2D eigenvalue weighted by Crippen LogP contribution is -2.00. The highest BCUT2D eigenvalue weighted by Gasteiger charge is 2.19. The van der Waals surface area contributed by atoms with Crippen LogP contribution in [0.1, 0.15) is 27.0 Å². The fourth-order valence-corrected chi connectivity index (χ4v) is 3.56. The zero-order chi connectivity index (χ0) is 14.1. The predicted octanol–water partition coefficient (Wildman–Crippen LogP) is 4.77. The SMILES string of the molecule is O=C(CBr)c1ccc2c(c1)Cc1cc(CCBr)ccc1-2. The maximum absolute atomic E-state index is 11.8. The Morgan fingerprint density at radius 2 is 1.70 bits per heavy atom. The van der Waals surface area contributed by atoms with Crippen LogP contribution in [0.2, 0.25) is 0 Å². The summed E-state index contributed by atoms with van der Waals surface area (Å²) in [6, 6.07) is 12.8. The van der Waals surface area contributed by atoms with E-state index in [0.717, 1.165) is 23.7 Å². The zero-order valence-corrected chi connectivity index (χ0v) is 14.1. The molecule has 0 atom stereocenters. The maximum atomic E-state index is 11.8. The van der Waals surface area contributed by atoms with Crippen LogP contribution in [-0.2, 0) is 12.8 Å². The first kappa shape index (κ1) is 14.0. The van der Waals surface area contributed by atoms with Crippen molar-refractivity contribution in [1.29, 1.82) is 0 Å². The van der Waals surface area contributed by atoms with Crippen LogP contribution in [0.3, 0.4) is 0 Å². The summed E-state index contributed by atoms with van der Waals surface area (Å²) in [7, 11) is 0. The summed E-state index contributed by atoms with van der Waals surface area (Å²) < 4.78 is 0. The molecule has 0 unspecified atom stereocenters. The van der Waals surface area contributed by atoms with Gasteiger partial charge in [0.25, 0.3) is 0 Å². The molecular weight excluding hydrogens is 380 g/mol. The third-order valence-corrected chi connectivity index (χ3v) is 4.68. The second-order valence-corrected chi connectivity index (χ2v) is 6.39. The minimum Gasteiger partial charge on any atom is -0.293 e. The van der Waals surface area contributed by atoms with Gasteiger partial charge in [0.1, 0.15) is 0 Å². The molecule has 0 saturated heterocycles. The summed E-state index contributed by atoms with van der Waals surface area (Å²) in [4.78, 5) is 11.8. The van der Waals surface area contributed by atoms with E-state index in [1.165, 1.54) is 27.8 Å². The maximum Gasteiger partial charge on any atom is 0.173 e. The van der Waals surface area contributed by atoms with Crippen molar-refractivity contribution in [3.8, 4) is 11.1 Å². The Bertz CT molecular complexity index is 677. The van der Waals surface area contributed by atoms with Crippen molar-refractivity contribution in [1.82, 2.24) is 0 Å². The molecule has 0 fully saturated rings. The van der Waals surface area contributed by atoms with Crippen molar-refractivity contribution < 1.29 is 4.79 Å². The number of hydrogen-bond donors (Lipinski definition) is 0. The summed E-state index contributed by atoms with van der Waals surface area (Å²) >= 11 is 6.72. The van der Waals surface area contributed by atoms with Gasteiger partial charge in [-0.25, -0.2) is 0 Å². The van der Waals surface area contributed by atoms with Crippen molar-refractivity contribution in [2.45, 2.75) is 12.8 Å². The Hall–Kier alpha value is -0.930. The molecule has 0 N–H and O–H groups in total. The number of carbonyl (C=O) groups excluding carboxylic acids is 1. The van der Waals surface area contributed by atoms with E-state index in [1.54, 1.807) is 0 Å². The van der Waals surface area contributed by atoms with Gasteiger partial charge in [-0.2, -0.15) is 0 Å². The van der Waals surface area contributed by atoms with Crippen molar-refractivity contribution >= 4 is 37.6 Å². The Morgan fingerprint density at radius 1 is 1.00 bits per heavy atom. The van der Waals surface area contributed by atoms with Crippen LogP contribution in [0.25, 0.3) is 11.1 Å². The van der Waals surface area contributed by atoms with Gasteiger partial charge in [-0.05, 0) is 46.7 Å². The third kappa shape index (κ3) is 2.49. The molecule has 2 aromatic rings. The van der Waals surface area contributed by atoms with Gasteiger partial charge >= 0.3 is 0 Å². The van der Waals surface area contributed by atoms with E-state index < -0.39 is 0 Å². The molecule has 0 amide bonds. The third-order valence-electron chi connectivity index (χ3n) is 3.77. The number of fused-ring (bicyclic) bond motifs is 3. The molecule has 3 rings (SSSR count). The number of Topliss-reactive ketones (excluding diaryl/α,β-unsaturated/α-hetero) is 1. The molecule has 0 spiro atoms. The van der Waals surface area contributed by atoms with E-state index in [0.29, 0.717) is 5.33 Å². The van der Waals surface area contributed by atoms with Crippen LogP contribution < -0.4 is 0 Å². The van der Waals surface area contributed by atoms with Gasteiger partial charge in [0, 0.05) is 10.9 Å². The van der Waals surface area contributed by atoms with Crippen LogP contribution in [0.4, 0.5) is 0 Å². The fourth-order valence-electron chi connectivity index (χ4n) is 2.78. The van der Waals surface area contributed by atoms with Gasteiger partial charge < -0.3 is 0 Å². The van der Waals surface area contributed by atoms with Crippen molar-refractivity contribution in [3.63, 3.8) is 0 Å². The summed E-state index contributed by atoms with van der Waals surface area (Å²) in [5, 5.41) is 1.37. The summed E-state index contributed by atoms with van der Waals surface area (Å²) in [5.41, 5.74) is 7.40. The van der Waals surface area contributed by atoms with Crippen LogP contribution in [0.5, 0.6) is 0 Å². The minimum atomic E-state index is 0.142. The molecule has 1 nitrogen and oxygen atoms in total. The number of aryl methyl sites for hydroxylation is 1. The Labute approximate surface area is 135 Å². The standard InChI is InChI=1S/C17H14Br2O/c18-6-5-11-1-3-15-13(7-11)9-14-8-12(17(20)10-19)2-4-16(14)15/h1-4,7-8H,5-6,9-10H2. The van der Waals surface area contributed by atoms with Crippen LogP contribution in [-0.4, -0.2) is 16.4 Å². The van der Waals surface area contributed by atoms with Crippen molar-refractivity contribution in [3.05, 3.63) is 58.7 Å². The molecule has 20 heavy (non-hydrogen) atoms. The van der Waals surface area contributed by atoms with E-state index in [4.69, 9.17) is 0 Å². The summed E-state index contributed by atoms with van der Waals surface area (Å²) in [5.74, 6) is 0.142. The second kappa shape index (κ2) is 5.82. The molecular formula is C17H14Br2O. The van der Waals surface area contributed by atoms with E-state index in [1.807, 2.05) is 12.1 Å². The summed E-state index contributed by atoms with van der Waals surface area (Å²) in [6.45, 7) is 0. The van der Waals surface area contributed by atoms with Gasteiger partial charge in [-0.3, -0.25) is 4.79 Å². The lowest BCUT2D eigenvalue weighted by Gasteiger charge is -2.04. The zero-order valence-electron chi connectivity index (χ0n) is 11.0. The molecule has 3 heteroatoms. The molecule has 0 heterocycles. The van der Waals surface area contributed by atoms with Crippen LogP contribution in [0.15, 0.2) is 36.4 Å². The molecule has 0 radical (unpaired) electrons. The molecule has 1 aliphatic carbocycles. The van der Waals surface area contributed by atoms with Crippen molar-refractivity contribution in [2.24, 2.45) is 0 Å². The molecule has 0 aliphatic heterocycles. The molecule has 0 saturated carbocycles. The van der Waals surface area contributed by atoms with Crippen LogP contribution >= 0.6 is 31.9 Å². The first-order valence-corrected chi connectivity index (χ1v) is 8.87. The number of benzene rings is 2. The van der Waals surface area contributed by atoms with E-state index in [-0.39, 0.29) is 5.78 Å². The summed E-state index contributed by atoms with van der Waals surface area (Å²) in [6.07, 6.45) is 1.99. The monoisotopic (exact) mass is 392 g/mol. The molecule has 2 aromatic carbocycles. The number of carbonyl (C=O) groups is 1. The predicted molar refractivity (Wildman–Crippen MR) is 90.3 cm³/mol. The first-order valence-electron chi connectivity index (χ1n) is 6.63. The molecule has 0 bridgehead atoms. The van der Waals surface area contributed by atoms with E-state index in [9.17, 15) is 4.79 Å². The van der Waals surface area contributed by atoms with Crippen molar-refractivity contribution in [2.75, 3.05) is 10.7 Å². The molecule has 102 valence electrons. The number of ketones is 1. The van der Waals surface area contributed by atoms with Gasteiger partial charge in [0.15, 0.2) is 5.78 Å². The second-order valence-electron chi connectivity index (χ2n) is 5.04. The molecule has 1 aliphatic rings. The average molecular weight is 394 g/mol. The Balaban J connectivity index is 1.99. The van der Waals surface area contributed by atoms with E-state index >= 15 is 0 Å². The number of halogens is 2. The highest BCUT2D eigenvalue weighted by atomic mass is 79.9. The Kier molecular flexibility index (Phi) is 4.08. The van der Waals surface area contributed by atoms with Gasteiger partial charge in [-0.15, -0.1) is 0 Å². The number of alkyl halides is 2.